The predicted octanol–water partition coefficient (Wildman–Crippen LogP) is 4.98. The van der Waals surface area contributed by atoms with Crippen LogP contribution in [0.5, 0.6) is 5.75 Å². The minimum absolute atomic E-state index is 0.729. The topological polar surface area (TPSA) is 39.9 Å². The molecule has 2 aromatic carbocycles. The van der Waals surface area contributed by atoms with Crippen molar-refractivity contribution in [1.82, 2.24) is 14.8 Å². The number of hydrogen-bond donors (Lipinski definition) is 0. The zero-order valence-corrected chi connectivity index (χ0v) is 14.8. The van der Waals surface area contributed by atoms with Crippen molar-refractivity contribution in [2.45, 2.75) is 6.92 Å². The highest BCUT2D eigenvalue weighted by atomic mass is 32.1. The van der Waals surface area contributed by atoms with Gasteiger partial charge in [-0.05, 0) is 54.8 Å². The zero-order valence-electron chi connectivity index (χ0n) is 14.0. The predicted molar refractivity (Wildman–Crippen MR) is 101 cm³/mol. The van der Waals surface area contributed by atoms with Gasteiger partial charge in [0.25, 0.3) is 0 Å². The van der Waals surface area contributed by atoms with Crippen molar-refractivity contribution < 1.29 is 4.74 Å². The lowest BCUT2D eigenvalue weighted by Crippen LogP contribution is -1.99. The normalized spacial score (nSPS) is 10.8. The van der Waals surface area contributed by atoms with E-state index in [1.54, 1.807) is 18.4 Å². The molecule has 2 heterocycles. The smallest absolute Gasteiger partial charge is 0.183 e. The summed E-state index contributed by atoms with van der Waals surface area (Å²) in [6, 6.07) is 18.2. The summed E-state index contributed by atoms with van der Waals surface area (Å²) < 4.78 is 7.15. The molecule has 4 aromatic rings. The SMILES string of the molecule is COc1ccc(-c2nc(-c3ccsc3)nn2-c2ccc(C)cc2)cc1. The summed E-state index contributed by atoms with van der Waals surface area (Å²) in [6.45, 7) is 2.08. The van der Waals surface area contributed by atoms with Crippen LogP contribution in [0.1, 0.15) is 5.56 Å². The van der Waals surface area contributed by atoms with Crippen LogP contribution in [0.15, 0.2) is 65.4 Å². The molecule has 0 spiro atoms. The third-order valence-electron chi connectivity index (χ3n) is 4.01. The number of aromatic nitrogens is 3. The molecule has 0 saturated carbocycles. The van der Waals surface area contributed by atoms with Gasteiger partial charge < -0.3 is 4.74 Å². The van der Waals surface area contributed by atoms with Crippen LogP contribution in [0, 0.1) is 6.92 Å². The van der Waals surface area contributed by atoms with E-state index in [1.807, 2.05) is 40.4 Å². The molecule has 25 heavy (non-hydrogen) atoms. The van der Waals surface area contributed by atoms with E-state index in [1.165, 1.54) is 5.56 Å². The van der Waals surface area contributed by atoms with E-state index in [9.17, 15) is 0 Å². The lowest BCUT2D eigenvalue weighted by Gasteiger charge is -2.07. The van der Waals surface area contributed by atoms with E-state index in [-0.39, 0.29) is 0 Å². The molecule has 2 aromatic heterocycles. The van der Waals surface area contributed by atoms with Gasteiger partial charge in [0.05, 0.1) is 12.8 Å². The maximum atomic E-state index is 5.26. The number of nitrogens with zero attached hydrogens (tertiary/aromatic N) is 3. The van der Waals surface area contributed by atoms with E-state index < -0.39 is 0 Å². The van der Waals surface area contributed by atoms with Crippen molar-refractivity contribution in [2.75, 3.05) is 7.11 Å². The molecule has 124 valence electrons. The second kappa shape index (κ2) is 6.53. The largest absolute Gasteiger partial charge is 0.497 e. The molecule has 0 aliphatic rings. The van der Waals surface area contributed by atoms with Crippen LogP contribution in [0.25, 0.3) is 28.5 Å². The molecule has 4 rings (SSSR count). The molecule has 0 atom stereocenters. The zero-order chi connectivity index (χ0) is 17.2. The number of aryl methyl sites for hydroxylation is 1. The van der Waals surface area contributed by atoms with Gasteiger partial charge in [0, 0.05) is 16.5 Å². The third-order valence-corrected chi connectivity index (χ3v) is 4.70. The molecule has 0 unspecified atom stereocenters. The fraction of sp³-hybridized carbons (Fsp3) is 0.100. The molecular weight excluding hydrogens is 330 g/mol. The fourth-order valence-electron chi connectivity index (χ4n) is 2.62. The summed E-state index contributed by atoms with van der Waals surface area (Å²) in [5.41, 5.74) is 4.24. The van der Waals surface area contributed by atoms with Crippen molar-refractivity contribution in [2.24, 2.45) is 0 Å². The van der Waals surface area contributed by atoms with Crippen molar-refractivity contribution in [3.05, 3.63) is 70.9 Å². The lowest BCUT2D eigenvalue weighted by molar-refractivity contribution is 0.415. The molecular formula is C20H17N3OS. The third kappa shape index (κ3) is 3.06. The second-order valence-electron chi connectivity index (χ2n) is 5.75. The van der Waals surface area contributed by atoms with Gasteiger partial charge in [-0.15, -0.1) is 5.10 Å². The van der Waals surface area contributed by atoms with Crippen molar-refractivity contribution >= 4 is 11.3 Å². The Kier molecular flexibility index (Phi) is 4.07. The van der Waals surface area contributed by atoms with Crippen molar-refractivity contribution in [3.63, 3.8) is 0 Å². The van der Waals surface area contributed by atoms with Gasteiger partial charge in [-0.2, -0.15) is 11.3 Å². The van der Waals surface area contributed by atoms with Crippen molar-refractivity contribution in [1.29, 1.82) is 0 Å². The van der Waals surface area contributed by atoms with Crippen LogP contribution in [0.4, 0.5) is 0 Å². The van der Waals surface area contributed by atoms with E-state index in [0.717, 1.165) is 34.2 Å². The lowest BCUT2D eigenvalue weighted by atomic mass is 10.2. The highest BCUT2D eigenvalue weighted by Gasteiger charge is 2.15. The molecule has 0 amide bonds. The molecule has 5 heteroatoms. The molecule has 4 nitrogen and oxygen atoms in total. The molecule has 0 N–H and O–H groups in total. The van der Waals surface area contributed by atoms with E-state index in [2.05, 4.69) is 36.6 Å². The summed E-state index contributed by atoms with van der Waals surface area (Å²) in [7, 11) is 1.67. The highest BCUT2D eigenvalue weighted by molar-refractivity contribution is 7.08. The Morgan fingerprint density at radius 1 is 0.920 bits per heavy atom. The second-order valence-corrected chi connectivity index (χ2v) is 6.53. The first kappa shape index (κ1) is 15.6. The quantitative estimate of drug-likeness (QED) is 0.523. The Morgan fingerprint density at radius 3 is 2.32 bits per heavy atom. The minimum atomic E-state index is 0.729. The number of thiophene rings is 1. The first-order valence-corrected chi connectivity index (χ1v) is 8.90. The Bertz CT molecular complexity index is 971. The van der Waals surface area contributed by atoms with Gasteiger partial charge in [0.1, 0.15) is 5.75 Å². The molecule has 0 bridgehead atoms. The maximum absolute atomic E-state index is 5.26. The van der Waals surface area contributed by atoms with Crippen LogP contribution in [0.3, 0.4) is 0 Å². The standard InChI is InChI=1S/C20H17N3OS/c1-14-3-7-17(8-4-14)23-20(15-5-9-18(24-2)10-6-15)21-19(22-23)16-11-12-25-13-16/h3-13H,1-2H3. The number of hydrogen-bond acceptors (Lipinski definition) is 4. The van der Waals surface area contributed by atoms with Crippen LogP contribution < -0.4 is 4.74 Å². The first-order chi connectivity index (χ1) is 12.2. The summed E-state index contributed by atoms with van der Waals surface area (Å²) in [4.78, 5) is 4.79. The maximum Gasteiger partial charge on any atom is 0.183 e. The van der Waals surface area contributed by atoms with Gasteiger partial charge >= 0.3 is 0 Å². The summed E-state index contributed by atoms with van der Waals surface area (Å²) in [5.74, 6) is 2.36. The number of methoxy groups -OCH3 is 1. The van der Waals surface area contributed by atoms with Crippen LogP contribution >= 0.6 is 11.3 Å². The molecule has 0 radical (unpaired) electrons. The average Bonchev–Trinajstić information content (AvgIpc) is 3.32. The van der Waals surface area contributed by atoms with Crippen LogP contribution in [0.2, 0.25) is 0 Å². The van der Waals surface area contributed by atoms with E-state index in [0.29, 0.717) is 0 Å². The van der Waals surface area contributed by atoms with Gasteiger partial charge in [-0.1, -0.05) is 17.7 Å². The number of benzene rings is 2. The van der Waals surface area contributed by atoms with E-state index in [4.69, 9.17) is 14.8 Å². The van der Waals surface area contributed by atoms with Crippen molar-refractivity contribution in [3.8, 4) is 34.2 Å². The van der Waals surface area contributed by atoms with Gasteiger partial charge in [-0.3, -0.25) is 0 Å². The Hall–Kier alpha value is -2.92. The van der Waals surface area contributed by atoms with Crippen LogP contribution in [-0.4, -0.2) is 21.9 Å². The summed E-state index contributed by atoms with van der Waals surface area (Å²) in [5, 5.41) is 8.85. The van der Waals surface area contributed by atoms with Crippen LogP contribution in [-0.2, 0) is 0 Å². The fourth-order valence-corrected chi connectivity index (χ4v) is 3.25. The average molecular weight is 347 g/mol. The number of ether oxygens (including phenoxy) is 1. The molecule has 0 aliphatic heterocycles. The first-order valence-electron chi connectivity index (χ1n) is 7.96. The van der Waals surface area contributed by atoms with E-state index >= 15 is 0 Å². The Labute approximate surface area is 150 Å². The highest BCUT2D eigenvalue weighted by Crippen LogP contribution is 2.27. The molecule has 0 fully saturated rings. The van der Waals surface area contributed by atoms with Gasteiger partial charge in [-0.25, -0.2) is 9.67 Å². The van der Waals surface area contributed by atoms with Gasteiger partial charge in [0.15, 0.2) is 11.6 Å². The molecule has 0 saturated heterocycles. The number of rotatable bonds is 4. The minimum Gasteiger partial charge on any atom is -0.497 e. The van der Waals surface area contributed by atoms with Gasteiger partial charge in [0.2, 0.25) is 0 Å². The Balaban J connectivity index is 1.86. The summed E-state index contributed by atoms with van der Waals surface area (Å²) in [6.07, 6.45) is 0. The monoisotopic (exact) mass is 347 g/mol. The Morgan fingerprint density at radius 2 is 1.68 bits per heavy atom. The molecule has 0 aliphatic carbocycles. The summed E-state index contributed by atoms with van der Waals surface area (Å²) >= 11 is 1.64.